The number of alkyl halides is 3. The van der Waals surface area contributed by atoms with Crippen LogP contribution in [0.25, 0.3) is 16.6 Å². The molecule has 33 heavy (non-hydrogen) atoms. The number of fused-ring (bicyclic) bond motifs is 1. The summed E-state index contributed by atoms with van der Waals surface area (Å²) in [6.45, 7) is 1.42. The number of ketones is 1. The molecule has 0 fully saturated rings. The molecule has 0 aliphatic carbocycles. The Hall–Kier alpha value is -4.27. The minimum absolute atomic E-state index is 0.0244. The van der Waals surface area contributed by atoms with Crippen molar-refractivity contribution in [2.24, 2.45) is 0 Å². The predicted molar refractivity (Wildman–Crippen MR) is 117 cm³/mol. The first-order valence-electron chi connectivity index (χ1n) is 9.75. The van der Waals surface area contributed by atoms with Gasteiger partial charge in [-0.05, 0) is 55.5 Å². The number of amides is 1. The van der Waals surface area contributed by atoms with Crippen molar-refractivity contribution in [3.63, 3.8) is 0 Å². The molecule has 0 spiro atoms. The maximum atomic E-state index is 13.0. The highest BCUT2D eigenvalue weighted by atomic mass is 19.4. The van der Waals surface area contributed by atoms with Crippen LogP contribution >= 0.6 is 0 Å². The van der Waals surface area contributed by atoms with Gasteiger partial charge in [0.2, 0.25) is 0 Å². The lowest BCUT2D eigenvalue weighted by molar-refractivity contribution is -0.137. The molecule has 0 atom stereocenters. The molecule has 0 saturated heterocycles. The molecule has 0 aliphatic rings. The molecule has 1 amide bonds. The first-order valence-corrected chi connectivity index (χ1v) is 9.75. The highest BCUT2D eigenvalue weighted by Crippen LogP contribution is 2.30. The van der Waals surface area contributed by atoms with Crippen LogP contribution in [0.4, 0.5) is 18.9 Å². The van der Waals surface area contributed by atoms with Crippen LogP contribution in [0.2, 0.25) is 0 Å². The molecular weight excluding hydrogens is 435 g/mol. The van der Waals surface area contributed by atoms with Gasteiger partial charge in [0.05, 0.1) is 22.2 Å². The molecule has 4 rings (SSSR count). The second-order valence-electron chi connectivity index (χ2n) is 7.29. The van der Waals surface area contributed by atoms with Crippen molar-refractivity contribution in [3.8, 4) is 5.69 Å². The number of nitrogens with one attached hydrogen (secondary N) is 1. The van der Waals surface area contributed by atoms with Gasteiger partial charge in [-0.15, -0.1) is 0 Å². The lowest BCUT2D eigenvalue weighted by Crippen LogP contribution is -2.20. The van der Waals surface area contributed by atoms with Crippen LogP contribution < -0.4 is 10.9 Å². The highest BCUT2D eigenvalue weighted by molar-refractivity contribution is 6.06. The van der Waals surface area contributed by atoms with Gasteiger partial charge < -0.3 is 5.32 Å². The predicted octanol–water partition coefficient (Wildman–Crippen LogP) is 4.86. The molecule has 166 valence electrons. The third kappa shape index (κ3) is 4.52. The van der Waals surface area contributed by atoms with Crippen molar-refractivity contribution in [2.75, 3.05) is 5.32 Å². The zero-order valence-electron chi connectivity index (χ0n) is 17.2. The molecule has 0 aliphatic heterocycles. The van der Waals surface area contributed by atoms with Gasteiger partial charge >= 0.3 is 6.18 Å². The Morgan fingerprint density at radius 3 is 2.42 bits per heavy atom. The minimum atomic E-state index is -4.55. The maximum absolute atomic E-state index is 13.0. The quantitative estimate of drug-likeness (QED) is 0.450. The van der Waals surface area contributed by atoms with Crippen LogP contribution in [0.1, 0.15) is 33.2 Å². The van der Waals surface area contributed by atoms with Crippen LogP contribution in [0.15, 0.2) is 77.9 Å². The Balaban J connectivity index is 1.66. The lowest BCUT2D eigenvalue weighted by atomic mass is 10.1. The van der Waals surface area contributed by atoms with Gasteiger partial charge in [-0.3, -0.25) is 19.0 Å². The van der Waals surface area contributed by atoms with E-state index >= 15 is 0 Å². The molecule has 1 heterocycles. The zero-order valence-corrected chi connectivity index (χ0v) is 17.2. The fourth-order valence-corrected chi connectivity index (χ4v) is 3.30. The fraction of sp³-hybridized carbons (Fsp3) is 0.0833. The number of anilines is 1. The van der Waals surface area contributed by atoms with Crippen LogP contribution in [0.3, 0.4) is 0 Å². The summed E-state index contributed by atoms with van der Waals surface area (Å²) >= 11 is 0. The molecule has 1 N–H and O–H groups in total. The average molecular weight is 451 g/mol. The summed E-state index contributed by atoms with van der Waals surface area (Å²) < 4.78 is 40.1. The van der Waals surface area contributed by atoms with Crippen LogP contribution in [-0.2, 0) is 6.18 Å². The third-order valence-electron chi connectivity index (χ3n) is 5.00. The van der Waals surface area contributed by atoms with E-state index in [1.807, 2.05) is 0 Å². The molecule has 6 nitrogen and oxygen atoms in total. The second-order valence-corrected chi connectivity index (χ2v) is 7.29. The fourth-order valence-electron chi connectivity index (χ4n) is 3.30. The van der Waals surface area contributed by atoms with E-state index in [9.17, 15) is 27.6 Å². The molecule has 4 aromatic rings. The number of benzene rings is 3. The van der Waals surface area contributed by atoms with Crippen LogP contribution in [-0.4, -0.2) is 21.2 Å². The molecule has 3 aromatic carbocycles. The summed E-state index contributed by atoms with van der Waals surface area (Å²) in [6, 6.07) is 15.1. The maximum Gasteiger partial charge on any atom is 0.416 e. The summed E-state index contributed by atoms with van der Waals surface area (Å²) in [5, 5.41) is 2.83. The summed E-state index contributed by atoms with van der Waals surface area (Å²) in [5.74, 6) is -0.612. The van der Waals surface area contributed by atoms with Gasteiger partial charge in [0, 0.05) is 16.8 Å². The first kappa shape index (κ1) is 21.9. The Labute approximate surface area is 185 Å². The number of carbonyl (C=O) groups is 2. The van der Waals surface area contributed by atoms with Crippen molar-refractivity contribution >= 4 is 28.3 Å². The second kappa shape index (κ2) is 8.34. The van der Waals surface area contributed by atoms with Crippen molar-refractivity contribution in [1.29, 1.82) is 0 Å². The van der Waals surface area contributed by atoms with Gasteiger partial charge in [0.25, 0.3) is 11.5 Å². The van der Waals surface area contributed by atoms with Crippen molar-refractivity contribution in [2.45, 2.75) is 13.1 Å². The van der Waals surface area contributed by atoms with E-state index in [0.29, 0.717) is 11.3 Å². The van der Waals surface area contributed by atoms with E-state index in [1.54, 1.807) is 24.3 Å². The number of rotatable bonds is 4. The average Bonchev–Trinajstić information content (AvgIpc) is 2.78. The van der Waals surface area contributed by atoms with Crippen LogP contribution in [0, 0.1) is 0 Å². The van der Waals surface area contributed by atoms with Crippen molar-refractivity contribution < 1.29 is 22.8 Å². The van der Waals surface area contributed by atoms with Crippen LogP contribution in [0.5, 0.6) is 0 Å². The number of nitrogens with zero attached hydrogens (tertiary/aromatic N) is 2. The summed E-state index contributed by atoms with van der Waals surface area (Å²) in [7, 11) is 0. The summed E-state index contributed by atoms with van der Waals surface area (Å²) in [4.78, 5) is 41.2. The van der Waals surface area contributed by atoms with E-state index in [0.717, 1.165) is 23.0 Å². The number of carbonyl (C=O) groups excluding carboxylic acids is 2. The third-order valence-corrected chi connectivity index (χ3v) is 5.00. The van der Waals surface area contributed by atoms with E-state index < -0.39 is 23.2 Å². The van der Waals surface area contributed by atoms with Gasteiger partial charge in [0.1, 0.15) is 6.33 Å². The summed E-state index contributed by atoms with van der Waals surface area (Å²) in [5.41, 5.74) is -0.110. The standard InChI is InChI=1S/C24H16F3N3O3/c1-14(31)15-4-2-6-18(10-15)29-22(32)16-8-9-20-21(11-16)28-13-30(23(20)33)19-7-3-5-17(12-19)24(25,26)27/h2-13H,1H3,(H,29,32). The first-order chi connectivity index (χ1) is 15.6. The summed E-state index contributed by atoms with van der Waals surface area (Å²) in [6.07, 6.45) is -3.42. The highest BCUT2D eigenvalue weighted by Gasteiger charge is 2.30. The van der Waals surface area contributed by atoms with Crippen molar-refractivity contribution in [1.82, 2.24) is 9.55 Å². The Morgan fingerprint density at radius 1 is 0.939 bits per heavy atom. The lowest BCUT2D eigenvalue weighted by Gasteiger charge is -2.11. The zero-order chi connectivity index (χ0) is 23.8. The smallest absolute Gasteiger partial charge is 0.322 e. The molecule has 9 heteroatoms. The number of aromatic nitrogens is 2. The largest absolute Gasteiger partial charge is 0.416 e. The van der Waals surface area contributed by atoms with E-state index in [2.05, 4.69) is 10.3 Å². The van der Waals surface area contributed by atoms with E-state index in [4.69, 9.17) is 0 Å². The Bertz CT molecular complexity index is 1460. The normalized spacial score (nSPS) is 11.4. The Kier molecular flexibility index (Phi) is 5.55. The number of hydrogen-bond donors (Lipinski definition) is 1. The number of hydrogen-bond acceptors (Lipinski definition) is 4. The van der Waals surface area contributed by atoms with E-state index in [1.165, 1.54) is 37.3 Å². The van der Waals surface area contributed by atoms with Gasteiger partial charge in [-0.2, -0.15) is 13.2 Å². The molecule has 0 bridgehead atoms. The molecular formula is C24H16F3N3O3. The van der Waals surface area contributed by atoms with Gasteiger partial charge in [0.15, 0.2) is 5.78 Å². The molecule has 1 aromatic heterocycles. The van der Waals surface area contributed by atoms with Crippen molar-refractivity contribution in [3.05, 3.63) is 100 Å². The monoisotopic (exact) mass is 451 g/mol. The number of halogens is 3. The van der Waals surface area contributed by atoms with E-state index in [-0.39, 0.29) is 27.9 Å². The molecule has 0 saturated carbocycles. The Morgan fingerprint density at radius 2 is 1.70 bits per heavy atom. The SMILES string of the molecule is CC(=O)c1cccc(NC(=O)c2ccc3c(=O)n(-c4cccc(C(F)(F)F)c4)cnc3c2)c1. The van der Waals surface area contributed by atoms with Gasteiger partial charge in [-0.25, -0.2) is 4.98 Å². The van der Waals surface area contributed by atoms with Gasteiger partial charge in [-0.1, -0.05) is 18.2 Å². The number of Topliss-reactive ketones (excluding diaryl/α,β-unsaturated/α-hetero) is 1. The topological polar surface area (TPSA) is 81.1 Å². The molecule has 0 unspecified atom stereocenters. The molecule has 0 radical (unpaired) electrons. The minimum Gasteiger partial charge on any atom is -0.322 e.